The van der Waals surface area contributed by atoms with Crippen LogP contribution in [0.15, 0.2) is 29.0 Å². The minimum absolute atomic E-state index is 0.545. The van der Waals surface area contributed by atoms with Crippen LogP contribution < -0.4 is 0 Å². The van der Waals surface area contributed by atoms with Crippen LogP contribution in [-0.4, -0.2) is 33.6 Å². The number of ether oxygens (including phenoxy) is 1. The maximum atomic E-state index is 10.5. The third-order valence-electron chi connectivity index (χ3n) is 2.84. The summed E-state index contributed by atoms with van der Waals surface area (Å²) in [4.78, 5) is 4.13. The molecule has 2 aromatic heterocycles. The number of pyridine rings is 1. The molecule has 6 heteroatoms. The number of aliphatic hydroxyl groups is 1. The van der Waals surface area contributed by atoms with Crippen molar-refractivity contribution in [2.75, 3.05) is 13.7 Å². The van der Waals surface area contributed by atoms with Gasteiger partial charge in [0.1, 0.15) is 6.10 Å². The molecule has 2 rings (SSSR count). The molecule has 1 N–H and O–H groups in total. The van der Waals surface area contributed by atoms with Gasteiger partial charge in [-0.15, -0.1) is 0 Å². The minimum Gasteiger partial charge on any atom is -0.383 e. The molecule has 0 saturated heterocycles. The first kappa shape index (κ1) is 14.2. The van der Waals surface area contributed by atoms with Crippen LogP contribution in [-0.2, 0) is 11.3 Å². The normalized spacial score (nSPS) is 12.6. The largest absolute Gasteiger partial charge is 0.383 e. The van der Waals surface area contributed by atoms with E-state index in [4.69, 9.17) is 4.74 Å². The highest BCUT2D eigenvalue weighted by Crippen LogP contribution is 2.28. The molecule has 0 amide bonds. The summed E-state index contributed by atoms with van der Waals surface area (Å²) in [6.45, 7) is 3.04. The van der Waals surface area contributed by atoms with Gasteiger partial charge in [-0.25, -0.2) is 0 Å². The summed E-state index contributed by atoms with van der Waals surface area (Å²) in [7, 11) is 1.64. The van der Waals surface area contributed by atoms with Crippen molar-refractivity contribution in [3.05, 3.63) is 46.0 Å². The molecule has 1 atom stereocenters. The van der Waals surface area contributed by atoms with Crippen molar-refractivity contribution in [2.45, 2.75) is 19.6 Å². The molecule has 5 nitrogen and oxygen atoms in total. The maximum absolute atomic E-state index is 10.5. The number of halogens is 1. The van der Waals surface area contributed by atoms with Crippen molar-refractivity contribution in [3.63, 3.8) is 0 Å². The summed E-state index contributed by atoms with van der Waals surface area (Å²) < 4.78 is 7.57. The molecule has 0 aliphatic heterocycles. The number of rotatable bonds is 5. The quantitative estimate of drug-likeness (QED) is 0.914. The van der Waals surface area contributed by atoms with Gasteiger partial charge in [0.2, 0.25) is 0 Å². The number of aromatic nitrogens is 3. The van der Waals surface area contributed by atoms with Crippen LogP contribution in [0.2, 0.25) is 0 Å². The molecule has 0 aliphatic carbocycles. The van der Waals surface area contributed by atoms with Crippen LogP contribution in [0, 0.1) is 6.92 Å². The van der Waals surface area contributed by atoms with E-state index in [2.05, 4.69) is 26.0 Å². The summed E-state index contributed by atoms with van der Waals surface area (Å²) in [5.74, 6) is 0. The Labute approximate surface area is 120 Å². The number of hydrogen-bond acceptors (Lipinski definition) is 4. The molecular formula is C13H16BrN3O2. The van der Waals surface area contributed by atoms with Crippen molar-refractivity contribution in [2.24, 2.45) is 0 Å². The average Bonchev–Trinajstić information content (AvgIpc) is 2.76. The van der Waals surface area contributed by atoms with Crippen molar-refractivity contribution < 1.29 is 9.84 Å². The Morgan fingerprint density at radius 1 is 1.53 bits per heavy atom. The molecule has 19 heavy (non-hydrogen) atoms. The van der Waals surface area contributed by atoms with Crippen LogP contribution in [0.1, 0.15) is 23.1 Å². The van der Waals surface area contributed by atoms with E-state index >= 15 is 0 Å². The fourth-order valence-electron chi connectivity index (χ4n) is 1.90. The summed E-state index contributed by atoms with van der Waals surface area (Å²) in [5, 5.41) is 14.7. The van der Waals surface area contributed by atoms with Crippen LogP contribution in [0.25, 0.3) is 0 Å². The number of nitrogens with zero attached hydrogens (tertiary/aromatic N) is 3. The molecule has 1 unspecified atom stereocenters. The van der Waals surface area contributed by atoms with Crippen molar-refractivity contribution in [3.8, 4) is 0 Å². The Bertz CT molecular complexity index is 557. The lowest BCUT2D eigenvalue weighted by Crippen LogP contribution is -2.13. The molecule has 0 radical (unpaired) electrons. The lowest BCUT2D eigenvalue weighted by molar-refractivity contribution is 0.171. The highest BCUT2D eigenvalue weighted by molar-refractivity contribution is 9.10. The van der Waals surface area contributed by atoms with Crippen molar-refractivity contribution in [1.29, 1.82) is 0 Å². The standard InChI is InChI=1S/C13H16BrN3O2/c1-9-7-10(3-4-15-9)13(18)12-11(14)8-16-17(12)5-6-19-2/h3-4,7-8,13,18H,5-6H2,1-2H3. The van der Waals surface area contributed by atoms with Gasteiger partial charge in [0.25, 0.3) is 0 Å². The molecule has 0 aromatic carbocycles. The van der Waals surface area contributed by atoms with E-state index in [0.29, 0.717) is 13.2 Å². The smallest absolute Gasteiger partial charge is 0.122 e. The second-order valence-electron chi connectivity index (χ2n) is 4.23. The predicted molar refractivity (Wildman–Crippen MR) is 74.8 cm³/mol. The zero-order valence-corrected chi connectivity index (χ0v) is 12.5. The van der Waals surface area contributed by atoms with Crippen LogP contribution in [0.3, 0.4) is 0 Å². The zero-order valence-electron chi connectivity index (χ0n) is 10.9. The first-order valence-corrected chi connectivity index (χ1v) is 6.73. The van der Waals surface area contributed by atoms with Gasteiger partial charge in [-0.1, -0.05) is 0 Å². The summed E-state index contributed by atoms with van der Waals surface area (Å²) in [5.41, 5.74) is 2.39. The van der Waals surface area contributed by atoms with E-state index in [-0.39, 0.29) is 0 Å². The van der Waals surface area contributed by atoms with Crippen molar-refractivity contribution in [1.82, 2.24) is 14.8 Å². The molecule has 0 bridgehead atoms. The first-order valence-electron chi connectivity index (χ1n) is 5.94. The Hall–Kier alpha value is -1.24. The molecule has 0 fully saturated rings. The number of hydrogen-bond donors (Lipinski definition) is 1. The van der Waals surface area contributed by atoms with E-state index in [1.165, 1.54) is 0 Å². The fraction of sp³-hybridized carbons (Fsp3) is 0.385. The van der Waals surface area contributed by atoms with Gasteiger partial charge < -0.3 is 9.84 Å². The van der Waals surface area contributed by atoms with Crippen molar-refractivity contribution >= 4 is 15.9 Å². The predicted octanol–water partition coefficient (Wildman–Crippen LogP) is 2.08. The number of methoxy groups -OCH3 is 1. The third-order valence-corrected chi connectivity index (χ3v) is 3.45. The lowest BCUT2D eigenvalue weighted by atomic mass is 10.1. The summed E-state index contributed by atoms with van der Waals surface area (Å²) >= 11 is 3.43. The molecule has 0 aliphatic rings. The Morgan fingerprint density at radius 3 is 3.00 bits per heavy atom. The molecule has 102 valence electrons. The monoisotopic (exact) mass is 325 g/mol. The van der Waals surface area contributed by atoms with Crippen LogP contribution >= 0.6 is 15.9 Å². The van der Waals surface area contributed by atoms with E-state index in [0.717, 1.165) is 21.4 Å². The van der Waals surface area contributed by atoms with Gasteiger partial charge in [-0.2, -0.15) is 5.10 Å². The average molecular weight is 326 g/mol. The molecule has 2 heterocycles. The second-order valence-corrected chi connectivity index (χ2v) is 5.08. The highest BCUT2D eigenvalue weighted by atomic mass is 79.9. The van der Waals surface area contributed by atoms with E-state index in [1.807, 2.05) is 13.0 Å². The second kappa shape index (κ2) is 6.27. The lowest BCUT2D eigenvalue weighted by Gasteiger charge is -2.14. The van der Waals surface area contributed by atoms with E-state index < -0.39 is 6.10 Å². The Morgan fingerprint density at radius 2 is 2.32 bits per heavy atom. The van der Waals surface area contributed by atoms with Gasteiger partial charge in [-0.3, -0.25) is 9.67 Å². The molecule has 2 aromatic rings. The third kappa shape index (κ3) is 3.20. The summed E-state index contributed by atoms with van der Waals surface area (Å²) in [6, 6.07) is 3.67. The fourth-order valence-corrected chi connectivity index (χ4v) is 2.41. The highest BCUT2D eigenvalue weighted by Gasteiger charge is 2.19. The molecular weight excluding hydrogens is 310 g/mol. The zero-order chi connectivity index (χ0) is 13.8. The van der Waals surface area contributed by atoms with E-state index in [1.54, 1.807) is 30.3 Å². The SMILES string of the molecule is COCCn1ncc(Br)c1C(O)c1ccnc(C)c1. The molecule has 0 spiro atoms. The topological polar surface area (TPSA) is 60.2 Å². The van der Waals surface area contributed by atoms with Gasteiger partial charge in [0, 0.05) is 19.0 Å². The Kier molecular flexibility index (Phi) is 4.68. The van der Waals surface area contributed by atoms with Crippen LogP contribution in [0.5, 0.6) is 0 Å². The number of aliphatic hydroxyl groups excluding tert-OH is 1. The van der Waals surface area contributed by atoms with Gasteiger partial charge in [0.05, 0.1) is 29.5 Å². The first-order chi connectivity index (χ1) is 9.13. The van der Waals surface area contributed by atoms with Gasteiger partial charge in [-0.05, 0) is 40.5 Å². The van der Waals surface area contributed by atoms with Crippen LogP contribution in [0.4, 0.5) is 0 Å². The molecule has 0 saturated carbocycles. The minimum atomic E-state index is -0.740. The van der Waals surface area contributed by atoms with E-state index in [9.17, 15) is 5.11 Å². The maximum Gasteiger partial charge on any atom is 0.122 e. The Balaban J connectivity index is 2.32. The summed E-state index contributed by atoms with van der Waals surface area (Å²) in [6.07, 6.45) is 2.63. The van der Waals surface area contributed by atoms with Gasteiger partial charge >= 0.3 is 0 Å². The van der Waals surface area contributed by atoms with Gasteiger partial charge in [0.15, 0.2) is 0 Å². The number of aryl methyl sites for hydroxylation is 1.